The lowest BCUT2D eigenvalue weighted by atomic mass is 9.88. The normalized spacial score (nSPS) is 24.4. The molecular weight excluding hydrogens is 246 g/mol. The molecule has 0 N–H and O–H groups in total. The number of benzene rings is 2. The standard InChI is InChI=1S/C18H15NO/c1-19-16-11-15(12-7-3-2-4-8-12)17(19)13-9-5-6-10-14(13)18(16)20/h2-11,16-17H,1H3. The van der Waals surface area contributed by atoms with Gasteiger partial charge in [0.2, 0.25) is 0 Å². The van der Waals surface area contributed by atoms with Crippen LogP contribution in [0.4, 0.5) is 0 Å². The number of hydrogen-bond acceptors (Lipinski definition) is 2. The van der Waals surface area contributed by atoms with Crippen molar-refractivity contribution < 1.29 is 4.79 Å². The highest BCUT2D eigenvalue weighted by Crippen LogP contribution is 2.46. The molecule has 2 aliphatic heterocycles. The van der Waals surface area contributed by atoms with Gasteiger partial charge >= 0.3 is 0 Å². The maximum atomic E-state index is 12.6. The van der Waals surface area contributed by atoms with Crippen LogP contribution in [0.3, 0.4) is 0 Å². The number of Topliss-reactive ketones (excluding diaryl/α,β-unsaturated/α-hetero) is 1. The van der Waals surface area contributed by atoms with Crippen LogP contribution in [0.2, 0.25) is 0 Å². The van der Waals surface area contributed by atoms with E-state index in [9.17, 15) is 4.79 Å². The maximum absolute atomic E-state index is 12.6. The third kappa shape index (κ3) is 1.46. The molecule has 2 bridgehead atoms. The van der Waals surface area contributed by atoms with E-state index in [1.807, 2.05) is 43.4 Å². The van der Waals surface area contributed by atoms with Crippen LogP contribution in [-0.4, -0.2) is 23.8 Å². The van der Waals surface area contributed by atoms with Crippen LogP contribution >= 0.6 is 0 Å². The van der Waals surface area contributed by atoms with Crippen LogP contribution in [0.5, 0.6) is 0 Å². The Morgan fingerprint density at radius 2 is 1.65 bits per heavy atom. The molecule has 2 aromatic rings. The summed E-state index contributed by atoms with van der Waals surface area (Å²) in [6, 6.07) is 18.4. The van der Waals surface area contributed by atoms with Crippen molar-refractivity contribution in [2.45, 2.75) is 12.1 Å². The third-order valence-corrected chi connectivity index (χ3v) is 4.37. The zero-order valence-electron chi connectivity index (χ0n) is 11.3. The Hall–Kier alpha value is -2.19. The fourth-order valence-electron chi connectivity index (χ4n) is 3.41. The summed E-state index contributed by atoms with van der Waals surface area (Å²) in [4.78, 5) is 14.7. The number of carbonyl (C=O) groups excluding carboxylic acids is 1. The van der Waals surface area contributed by atoms with Gasteiger partial charge in [-0.15, -0.1) is 0 Å². The lowest BCUT2D eigenvalue weighted by Crippen LogP contribution is -2.40. The van der Waals surface area contributed by atoms with Gasteiger partial charge in [0.05, 0.1) is 12.1 Å². The van der Waals surface area contributed by atoms with Gasteiger partial charge in [-0.3, -0.25) is 9.69 Å². The Labute approximate surface area is 118 Å². The van der Waals surface area contributed by atoms with E-state index in [0.29, 0.717) is 0 Å². The van der Waals surface area contributed by atoms with Crippen molar-refractivity contribution in [2.75, 3.05) is 7.05 Å². The second kappa shape index (κ2) is 4.15. The number of carbonyl (C=O) groups is 1. The van der Waals surface area contributed by atoms with Gasteiger partial charge in [0.25, 0.3) is 0 Å². The van der Waals surface area contributed by atoms with Crippen LogP contribution < -0.4 is 0 Å². The maximum Gasteiger partial charge on any atom is 0.184 e. The molecule has 0 spiro atoms. The van der Waals surface area contributed by atoms with Gasteiger partial charge in [-0.25, -0.2) is 0 Å². The second-order valence-electron chi connectivity index (χ2n) is 5.45. The number of nitrogens with zero attached hydrogens (tertiary/aromatic N) is 1. The Morgan fingerprint density at radius 1 is 0.950 bits per heavy atom. The van der Waals surface area contributed by atoms with Gasteiger partial charge in [0.15, 0.2) is 5.78 Å². The zero-order valence-corrected chi connectivity index (χ0v) is 11.3. The number of ketones is 1. The average molecular weight is 261 g/mol. The average Bonchev–Trinajstić information content (AvgIpc) is 2.77. The number of hydrogen-bond donors (Lipinski definition) is 0. The Kier molecular flexibility index (Phi) is 2.41. The molecule has 2 aliphatic rings. The van der Waals surface area contributed by atoms with E-state index in [0.717, 1.165) is 11.1 Å². The first-order valence-corrected chi connectivity index (χ1v) is 6.89. The largest absolute Gasteiger partial charge is 0.292 e. The van der Waals surface area contributed by atoms with Crippen LogP contribution in [0, 0.1) is 0 Å². The predicted octanol–water partition coefficient (Wildman–Crippen LogP) is 3.32. The molecule has 2 heteroatoms. The van der Waals surface area contributed by atoms with E-state index in [1.165, 1.54) is 11.1 Å². The van der Waals surface area contributed by atoms with E-state index in [2.05, 4.69) is 29.2 Å². The summed E-state index contributed by atoms with van der Waals surface area (Å²) in [5.74, 6) is 0.213. The highest BCUT2D eigenvalue weighted by Gasteiger charge is 2.43. The second-order valence-corrected chi connectivity index (χ2v) is 5.45. The summed E-state index contributed by atoms with van der Waals surface area (Å²) >= 11 is 0. The summed E-state index contributed by atoms with van der Waals surface area (Å²) in [6.45, 7) is 0. The molecule has 2 unspecified atom stereocenters. The first-order valence-electron chi connectivity index (χ1n) is 6.89. The zero-order chi connectivity index (χ0) is 13.7. The van der Waals surface area contributed by atoms with Crippen LogP contribution in [-0.2, 0) is 0 Å². The first kappa shape index (κ1) is 11.6. The van der Waals surface area contributed by atoms with Crippen molar-refractivity contribution in [1.29, 1.82) is 0 Å². The molecule has 0 saturated heterocycles. The molecule has 2 nitrogen and oxygen atoms in total. The molecule has 0 saturated carbocycles. The summed E-state index contributed by atoms with van der Waals surface area (Å²) in [5, 5.41) is 0. The fourth-order valence-corrected chi connectivity index (χ4v) is 3.41. The van der Waals surface area contributed by atoms with Crippen molar-refractivity contribution in [3.63, 3.8) is 0 Å². The van der Waals surface area contributed by atoms with E-state index < -0.39 is 0 Å². The molecule has 2 heterocycles. The number of rotatable bonds is 1. The monoisotopic (exact) mass is 261 g/mol. The minimum Gasteiger partial charge on any atom is -0.292 e. The molecule has 0 aromatic heterocycles. The van der Waals surface area contributed by atoms with Gasteiger partial charge in [-0.2, -0.15) is 0 Å². The third-order valence-electron chi connectivity index (χ3n) is 4.37. The molecule has 2 atom stereocenters. The highest BCUT2D eigenvalue weighted by molar-refractivity contribution is 6.07. The SMILES string of the molecule is CN1C2C=C(c3ccccc3)C1c1ccccc1C2=O. The Balaban J connectivity index is 1.92. The van der Waals surface area contributed by atoms with Crippen LogP contribution in [0.25, 0.3) is 5.57 Å². The Morgan fingerprint density at radius 3 is 2.45 bits per heavy atom. The summed E-state index contributed by atoms with van der Waals surface area (Å²) in [6.07, 6.45) is 2.13. The molecular formula is C18H15NO. The lowest BCUT2D eigenvalue weighted by molar-refractivity contribution is 0.0862. The summed E-state index contributed by atoms with van der Waals surface area (Å²) in [7, 11) is 2.04. The van der Waals surface area contributed by atoms with Gasteiger partial charge in [-0.1, -0.05) is 60.7 Å². The van der Waals surface area contributed by atoms with Crippen molar-refractivity contribution in [3.8, 4) is 0 Å². The topological polar surface area (TPSA) is 20.3 Å². The van der Waals surface area contributed by atoms with E-state index in [4.69, 9.17) is 0 Å². The lowest BCUT2D eigenvalue weighted by Gasteiger charge is -2.33. The van der Waals surface area contributed by atoms with E-state index in [1.54, 1.807) is 0 Å². The molecule has 4 rings (SSSR count). The molecule has 2 aromatic carbocycles. The van der Waals surface area contributed by atoms with Crippen LogP contribution in [0.1, 0.15) is 27.5 Å². The minimum atomic E-state index is -0.120. The number of likely N-dealkylation sites (N-methyl/N-ethyl adjacent to an activating group) is 1. The van der Waals surface area contributed by atoms with Gasteiger partial charge in [-0.05, 0) is 23.7 Å². The van der Waals surface area contributed by atoms with Crippen molar-refractivity contribution in [2.24, 2.45) is 0 Å². The highest BCUT2D eigenvalue weighted by atomic mass is 16.1. The van der Waals surface area contributed by atoms with Crippen molar-refractivity contribution in [3.05, 3.63) is 77.4 Å². The molecule has 20 heavy (non-hydrogen) atoms. The molecule has 0 radical (unpaired) electrons. The Bertz CT molecular complexity index is 717. The quantitative estimate of drug-likeness (QED) is 0.785. The molecule has 0 fully saturated rings. The summed E-state index contributed by atoms with van der Waals surface area (Å²) < 4.78 is 0. The van der Waals surface area contributed by atoms with Crippen molar-refractivity contribution in [1.82, 2.24) is 4.90 Å². The van der Waals surface area contributed by atoms with E-state index in [-0.39, 0.29) is 17.9 Å². The van der Waals surface area contributed by atoms with E-state index >= 15 is 0 Å². The predicted molar refractivity (Wildman–Crippen MR) is 79.5 cm³/mol. The van der Waals surface area contributed by atoms with Crippen LogP contribution in [0.15, 0.2) is 60.7 Å². The fraction of sp³-hybridized carbons (Fsp3) is 0.167. The molecule has 0 amide bonds. The van der Waals surface area contributed by atoms with Gasteiger partial charge in [0.1, 0.15) is 0 Å². The summed E-state index contributed by atoms with van der Waals surface area (Å²) in [5.41, 5.74) is 4.46. The first-order chi connectivity index (χ1) is 9.77. The molecule has 98 valence electrons. The van der Waals surface area contributed by atoms with Gasteiger partial charge < -0.3 is 0 Å². The minimum absolute atomic E-state index is 0.120. The van der Waals surface area contributed by atoms with Crippen molar-refractivity contribution >= 4 is 11.4 Å². The van der Waals surface area contributed by atoms with Gasteiger partial charge in [0, 0.05) is 5.56 Å². The smallest absolute Gasteiger partial charge is 0.184 e. The molecule has 0 aliphatic carbocycles. The number of fused-ring (bicyclic) bond motifs is 4.